The molecule has 1 N–H and O–H groups in total. The lowest BCUT2D eigenvalue weighted by atomic mass is 10.1. The van der Waals surface area contributed by atoms with Crippen LogP contribution in [0, 0.1) is 0 Å². The molecule has 3 nitrogen and oxygen atoms in total. The minimum atomic E-state index is 0.332. The van der Waals surface area contributed by atoms with Gasteiger partial charge in [-0.2, -0.15) is 0 Å². The number of anilines is 1. The molecule has 0 radical (unpaired) electrons. The van der Waals surface area contributed by atoms with Crippen molar-refractivity contribution in [2.45, 2.75) is 13.0 Å². The van der Waals surface area contributed by atoms with Gasteiger partial charge in [-0.3, -0.25) is 0 Å². The third-order valence-corrected chi connectivity index (χ3v) is 3.71. The molecule has 0 saturated heterocycles. The average molecular weight is 272 g/mol. The van der Waals surface area contributed by atoms with Gasteiger partial charge in [0.1, 0.15) is 0 Å². The van der Waals surface area contributed by atoms with E-state index < -0.39 is 0 Å². The van der Waals surface area contributed by atoms with Gasteiger partial charge in [-0.25, -0.2) is 0 Å². The largest absolute Gasteiger partial charge is 0.383 e. The molecule has 0 heterocycles. The SMILES string of the molecule is CCN(CC(COC)NC)c1cccc2ccccc12. The highest BCUT2D eigenvalue weighted by Gasteiger charge is 2.13. The minimum Gasteiger partial charge on any atom is -0.383 e. The second-order valence-electron chi connectivity index (χ2n) is 4.98. The predicted molar refractivity (Wildman–Crippen MR) is 86.6 cm³/mol. The van der Waals surface area contributed by atoms with Crippen molar-refractivity contribution in [1.82, 2.24) is 5.32 Å². The van der Waals surface area contributed by atoms with Crippen LogP contribution in [0.2, 0.25) is 0 Å². The number of nitrogens with one attached hydrogen (secondary N) is 1. The predicted octanol–water partition coefficient (Wildman–Crippen LogP) is 2.90. The van der Waals surface area contributed by atoms with Crippen LogP contribution in [0.25, 0.3) is 10.8 Å². The van der Waals surface area contributed by atoms with E-state index in [4.69, 9.17) is 4.74 Å². The summed E-state index contributed by atoms with van der Waals surface area (Å²) in [5.41, 5.74) is 1.29. The molecule has 1 unspecified atom stereocenters. The fraction of sp³-hybridized carbons (Fsp3) is 0.412. The molecule has 0 aliphatic rings. The first-order chi connectivity index (χ1) is 9.80. The molecule has 0 amide bonds. The van der Waals surface area contributed by atoms with Crippen molar-refractivity contribution in [3.63, 3.8) is 0 Å². The van der Waals surface area contributed by atoms with Crippen LogP contribution in [0.4, 0.5) is 5.69 Å². The highest BCUT2D eigenvalue weighted by Crippen LogP contribution is 2.26. The lowest BCUT2D eigenvalue weighted by Crippen LogP contribution is -2.42. The Morgan fingerprint density at radius 3 is 2.60 bits per heavy atom. The lowest BCUT2D eigenvalue weighted by Gasteiger charge is -2.29. The second-order valence-corrected chi connectivity index (χ2v) is 4.98. The van der Waals surface area contributed by atoms with E-state index >= 15 is 0 Å². The van der Waals surface area contributed by atoms with Gasteiger partial charge < -0.3 is 15.0 Å². The van der Waals surface area contributed by atoms with Crippen molar-refractivity contribution in [3.8, 4) is 0 Å². The topological polar surface area (TPSA) is 24.5 Å². The molecule has 108 valence electrons. The van der Waals surface area contributed by atoms with Gasteiger partial charge in [0, 0.05) is 37.3 Å². The van der Waals surface area contributed by atoms with Gasteiger partial charge in [0.25, 0.3) is 0 Å². The summed E-state index contributed by atoms with van der Waals surface area (Å²) in [7, 11) is 3.74. The Labute approximate surface area is 121 Å². The van der Waals surface area contributed by atoms with Crippen LogP contribution < -0.4 is 10.2 Å². The summed E-state index contributed by atoms with van der Waals surface area (Å²) in [6, 6.07) is 15.4. The van der Waals surface area contributed by atoms with Gasteiger partial charge in [0.15, 0.2) is 0 Å². The molecule has 3 heteroatoms. The first kappa shape index (κ1) is 14.8. The molecule has 2 aromatic rings. The van der Waals surface area contributed by atoms with Crippen LogP contribution in [-0.2, 0) is 4.74 Å². The van der Waals surface area contributed by atoms with Crippen LogP contribution in [0.5, 0.6) is 0 Å². The molecule has 20 heavy (non-hydrogen) atoms. The summed E-state index contributed by atoms with van der Waals surface area (Å²) >= 11 is 0. The van der Waals surface area contributed by atoms with E-state index in [9.17, 15) is 0 Å². The molecule has 0 aliphatic carbocycles. The second kappa shape index (κ2) is 7.27. The first-order valence-corrected chi connectivity index (χ1v) is 7.19. The lowest BCUT2D eigenvalue weighted by molar-refractivity contribution is 0.171. The van der Waals surface area contributed by atoms with Gasteiger partial charge in [-0.05, 0) is 25.4 Å². The van der Waals surface area contributed by atoms with E-state index in [2.05, 4.69) is 59.6 Å². The quantitative estimate of drug-likeness (QED) is 0.839. The number of hydrogen-bond donors (Lipinski definition) is 1. The monoisotopic (exact) mass is 272 g/mol. The number of rotatable bonds is 7. The number of likely N-dealkylation sites (N-methyl/N-ethyl adjacent to an activating group) is 2. The van der Waals surface area contributed by atoms with E-state index in [1.807, 2.05) is 7.05 Å². The maximum absolute atomic E-state index is 5.27. The summed E-state index contributed by atoms with van der Waals surface area (Å²) in [6.45, 7) is 4.84. The molecule has 0 fully saturated rings. The van der Waals surface area contributed by atoms with Crippen molar-refractivity contribution in [1.29, 1.82) is 0 Å². The normalized spacial score (nSPS) is 12.6. The summed E-state index contributed by atoms with van der Waals surface area (Å²) in [5, 5.41) is 5.92. The van der Waals surface area contributed by atoms with Crippen molar-refractivity contribution in [3.05, 3.63) is 42.5 Å². The van der Waals surface area contributed by atoms with Crippen molar-refractivity contribution < 1.29 is 4.74 Å². The van der Waals surface area contributed by atoms with E-state index in [0.717, 1.165) is 19.7 Å². The molecule has 0 saturated carbocycles. The maximum Gasteiger partial charge on any atom is 0.0633 e. The molecule has 0 bridgehead atoms. The van der Waals surface area contributed by atoms with Crippen LogP contribution in [-0.4, -0.2) is 39.9 Å². The number of fused-ring (bicyclic) bond motifs is 1. The molecule has 1 atom stereocenters. The summed E-state index contributed by atoms with van der Waals surface area (Å²) in [6.07, 6.45) is 0. The summed E-state index contributed by atoms with van der Waals surface area (Å²) < 4.78 is 5.27. The zero-order valence-electron chi connectivity index (χ0n) is 12.6. The number of benzene rings is 2. The first-order valence-electron chi connectivity index (χ1n) is 7.19. The molecule has 0 aromatic heterocycles. The Morgan fingerprint density at radius 2 is 1.90 bits per heavy atom. The van der Waals surface area contributed by atoms with Gasteiger partial charge >= 0.3 is 0 Å². The van der Waals surface area contributed by atoms with Gasteiger partial charge in [0.05, 0.1) is 6.61 Å². The Kier molecular flexibility index (Phi) is 5.39. The van der Waals surface area contributed by atoms with E-state index in [1.54, 1.807) is 7.11 Å². The van der Waals surface area contributed by atoms with E-state index in [-0.39, 0.29) is 0 Å². The molecular formula is C17H24N2O. The maximum atomic E-state index is 5.27. The van der Waals surface area contributed by atoms with Gasteiger partial charge in [0.2, 0.25) is 0 Å². The third-order valence-electron chi connectivity index (χ3n) is 3.71. The van der Waals surface area contributed by atoms with Crippen LogP contribution >= 0.6 is 0 Å². The fourth-order valence-corrected chi connectivity index (χ4v) is 2.58. The Hall–Kier alpha value is -1.58. The van der Waals surface area contributed by atoms with Crippen LogP contribution in [0.15, 0.2) is 42.5 Å². The van der Waals surface area contributed by atoms with Crippen molar-refractivity contribution >= 4 is 16.5 Å². The fourth-order valence-electron chi connectivity index (χ4n) is 2.58. The average Bonchev–Trinajstić information content (AvgIpc) is 2.51. The van der Waals surface area contributed by atoms with Gasteiger partial charge in [-0.1, -0.05) is 36.4 Å². The number of ether oxygens (including phenoxy) is 1. The smallest absolute Gasteiger partial charge is 0.0633 e. The molecule has 2 rings (SSSR count). The Morgan fingerprint density at radius 1 is 1.15 bits per heavy atom. The van der Waals surface area contributed by atoms with Crippen LogP contribution in [0.1, 0.15) is 6.92 Å². The summed E-state index contributed by atoms with van der Waals surface area (Å²) in [4.78, 5) is 2.41. The number of methoxy groups -OCH3 is 1. The highest BCUT2D eigenvalue weighted by molar-refractivity contribution is 5.94. The Bertz CT molecular complexity index is 536. The standard InChI is InChI=1S/C17H24N2O/c1-4-19(12-15(18-2)13-20-3)17-11-7-9-14-8-5-6-10-16(14)17/h5-11,15,18H,4,12-13H2,1-3H3. The van der Waals surface area contributed by atoms with Crippen molar-refractivity contribution in [2.75, 3.05) is 38.8 Å². The zero-order chi connectivity index (χ0) is 14.4. The molecular weight excluding hydrogens is 248 g/mol. The van der Waals surface area contributed by atoms with Crippen LogP contribution in [0.3, 0.4) is 0 Å². The van der Waals surface area contributed by atoms with Crippen molar-refractivity contribution in [2.24, 2.45) is 0 Å². The van der Waals surface area contributed by atoms with Gasteiger partial charge in [-0.15, -0.1) is 0 Å². The summed E-state index contributed by atoms with van der Waals surface area (Å²) in [5.74, 6) is 0. The number of hydrogen-bond acceptors (Lipinski definition) is 3. The minimum absolute atomic E-state index is 0.332. The molecule has 0 aliphatic heterocycles. The third kappa shape index (κ3) is 3.30. The highest BCUT2D eigenvalue weighted by atomic mass is 16.5. The Balaban J connectivity index is 2.29. The molecule has 0 spiro atoms. The van der Waals surface area contributed by atoms with E-state index in [1.165, 1.54) is 16.5 Å². The number of nitrogens with zero attached hydrogens (tertiary/aromatic N) is 1. The van der Waals surface area contributed by atoms with E-state index in [0.29, 0.717) is 6.04 Å². The molecule has 2 aromatic carbocycles. The zero-order valence-corrected chi connectivity index (χ0v) is 12.6.